The van der Waals surface area contributed by atoms with Crippen LogP contribution in [0.3, 0.4) is 0 Å². The average Bonchev–Trinajstić information content (AvgIpc) is 2.75. The Morgan fingerprint density at radius 2 is 2.16 bits per heavy atom. The minimum atomic E-state index is -0.574. The van der Waals surface area contributed by atoms with Crippen LogP contribution in [0.5, 0.6) is 5.75 Å². The number of aliphatic imine (C=N–C) groups is 1. The molecule has 0 amide bonds. The molecule has 168 valence electrons. The van der Waals surface area contributed by atoms with Crippen molar-refractivity contribution < 1.29 is 9.13 Å². The molecule has 2 bridgehead atoms. The van der Waals surface area contributed by atoms with Gasteiger partial charge in [-0.15, -0.1) is 0 Å². The van der Waals surface area contributed by atoms with Crippen LogP contribution in [-0.4, -0.2) is 30.0 Å². The van der Waals surface area contributed by atoms with E-state index in [1.807, 2.05) is 6.92 Å². The summed E-state index contributed by atoms with van der Waals surface area (Å²) in [4.78, 5) is 8.40. The fraction of sp³-hybridized carbons (Fsp3) is 0.261. The van der Waals surface area contributed by atoms with Crippen molar-refractivity contribution in [1.29, 1.82) is 5.41 Å². The molecular formula is C23H26ClFN6O. The highest BCUT2D eigenvalue weighted by molar-refractivity contribution is 6.69. The van der Waals surface area contributed by atoms with E-state index in [0.717, 1.165) is 0 Å². The quantitative estimate of drug-likeness (QED) is 0.512. The summed E-state index contributed by atoms with van der Waals surface area (Å²) in [5.41, 5.74) is 16.6. The highest BCUT2D eigenvalue weighted by atomic mass is 35.5. The SMILES string of the molecule is CCN/C1=C(\C(=N)Cl)C/C(C=NC)=C(/N)c2ccc(F)cc2C(C)Oc2cc1cnc2N. The highest BCUT2D eigenvalue weighted by Crippen LogP contribution is 2.35. The van der Waals surface area contributed by atoms with Crippen molar-refractivity contribution in [3.05, 3.63) is 64.1 Å². The maximum absolute atomic E-state index is 14.2. The van der Waals surface area contributed by atoms with Crippen LogP contribution < -0.4 is 21.5 Å². The van der Waals surface area contributed by atoms with E-state index in [9.17, 15) is 4.39 Å². The van der Waals surface area contributed by atoms with Gasteiger partial charge in [-0.2, -0.15) is 0 Å². The van der Waals surface area contributed by atoms with Crippen LogP contribution in [-0.2, 0) is 0 Å². The first-order valence-corrected chi connectivity index (χ1v) is 10.5. The number of fused-ring (bicyclic) bond motifs is 3. The third-order valence-corrected chi connectivity index (χ3v) is 5.36. The minimum absolute atomic E-state index is 0.153. The van der Waals surface area contributed by atoms with Gasteiger partial charge in [-0.1, -0.05) is 11.6 Å². The Balaban J connectivity index is 2.40. The van der Waals surface area contributed by atoms with Crippen molar-refractivity contribution in [3.8, 4) is 5.75 Å². The zero-order valence-corrected chi connectivity index (χ0v) is 18.9. The fourth-order valence-corrected chi connectivity index (χ4v) is 3.78. The Kier molecular flexibility index (Phi) is 7.15. The number of aromatic nitrogens is 1. The van der Waals surface area contributed by atoms with Crippen molar-refractivity contribution >= 4 is 40.2 Å². The molecule has 0 fully saturated rings. The molecule has 1 atom stereocenters. The molecule has 1 aliphatic heterocycles. The number of pyridine rings is 1. The summed E-state index contributed by atoms with van der Waals surface area (Å²) >= 11 is 6.23. The van der Waals surface area contributed by atoms with E-state index < -0.39 is 11.9 Å². The number of nitrogens with zero attached hydrogens (tertiary/aromatic N) is 2. The lowest BCUT2D eigenvalue weighted by Gasteiger charge is -2.23. The molecule has 1 aromatic heterocycles. The van der Waals surface area contributed by atoms with Gasteiger partial charge < -0.3 is 21.5 Å². The van der Waals surface area contributed by atoms with E-state index in [4.69, 9.17) is 33.2 Å². The van der Waals surface area contributed by atoms with E-state index in [2.05, 4.69) is 15.3 Å². The van der Waals surface area contributed by atoms with Crippen molar-refractivity contribution in [1.82, 2.24) is 10.3 Å². The number of anilines is 1. The number of hydrogen-bond acceptors (Lipinski definition) is 7. The Hall–Kier alpha value is -3.39. The summed E-state index contributed by atoms with van der Waals surface area (Å²) in [5.74, 6) is 0.109. The largest absolute Gasteiger partial charge is 0.482 e. The molecule has 3 rings (SSSR count). The van der Waals surface area contributed by atoms with Crippen molar-refractivity contribution in [2.75, 3.05) is 19.3 Å². The number of nitrogens with one attached hydrogen (secondary N) is 2. The first-order valence-electron chi connectivity index (χ1n) is 10.1. The molecule has 1 aliphatic rings. The Morgan fingerprint density at radius 1 is 1.41 bits per heavy atom. The molecule has 2 heterocycles. The number of ether oxygens (including phenoxy) is 1. The van der Waals surface area contributed by atoms with Gasteiger partial charge in [0.1, 0.15) is 17.1 Å². The van der Waals surface area contributed by atoms with Gasteiger partial charge in [0.2, 0.25) is 0 Å². The van der Waals surface area contributed by atoms with Gasteiger partial charge in [0.05, 0.1) is 0 Å². The molecule has 0 radical (unpaired) electrons. The minimum Gasteiger partial charge on any atom is -0.482 e. The van der Waals surface area contributed by atoms with Crippen molar-refractivity contribution in [2.24, 2.45) is 10.7 Å². The van der Waals surface area contributed by atoms with Gasteiger partial charge in [-0.05, 0) is 43.7 Å². The average molecular weight is 457 g/mol. The molecule has 0 aliphatic carbocycles. The van der Waals surface area contributed by atoms with Crippen LogP contribution in [0.1, 0.15) is 43.1 Å². The molecule has 2 aromatic rings. The third-order valence-electron chi connectivity index (χ3n) is 5.13. The number of nitrogen functional groups attached to an aromatic ring is 1. The van der Waals surface area contributed by atoms with Crippen LogP contribution in [0.2, 0.25) is 0 Å². The molecule has 1 aromatic carbocycles. The van der Waals surface area contributed by atoms with Crippen LogP contribution >= 0.6 is 11.6 Å². The first kappa shape index (κ1) is 23.3. The van der Waals surface area contributed by atoms with E-state index in [1.165, 1.54) is 12.1 Å². The van der Waals surface area contributed by atoms with Gasteiger partial charge >= 0.3 is 0 Å². The molecule has 9 heteroatoms. The molecule has 0 spiro atoms. The van der Waals surface area contributed by atoms with E-state index >= 15 is 0 Å². The first-order chi connectivity index (χ1) is 15.3. The lowest BCUT2D eigenvalue weighted by atomic mass is 9.93. The van der Waals surface area contributed by atoms with Crippen molar-refractivity contribution in [3.63, 3.8) is 0 Å². The van der Waals surface area contributed by atoms with Crippen LogP contribution in [0.15, 0.2) is 46.6 Å². The van der Waals surface area contributed by atoms with Crippen LogP contribution in [0, 0.1) is 11.2 Å². The van der Waals surface area contributed by atoms with Crippen LogP contribution in [0.4, 0.5) is 10.2 Å². The van der Waals surface area contributed by atoms with E-state index in [0.29, 0.717) is 51.5 Å². The second kappa shape index (κ2) is 9.82. The standard InChI is InChI=1S/C23H26ClFN6O/c1-4-30-21-14-8-19(23(28)31-11-14)32-12(2)17-9-15(25)5-6-16(17)20(26)13(10-29-3)7-18(21)22(24)27/h5-6,8-12,27,30H,4,7,26H2,1-3H3,(H2,28,31)/b20-13-,21-18-,27-22?,29-10?. The Labute approximate surface area is 191 Å². The second-order valence-electron chi connectivity index (χ2n) is 7.30. The van der Waals surface area contributed by atoms with Gasteiger partial charge in [-0.3, -0.25) is 10.4 Å². The number of hydrogen-bond donors (Lipinski definition) is 4. The Morgan fingerprint density at radius 3 is 2.81 bits per heavy atom. The van der Waals surface area contributed by atoms with Gasteiger partial charge in [0, 0.05) is 66.1 Å². The zero-order valence-electron chi connectivity index (χ0n) is 18.2. The highest BCUT2D eigenvalue weighted by Gasteiger charge is 2.23. The van der Waals surface area contributed by atoms with E-state index in [-0.39, 0.29) is 17.4 Å². The molecule has 0 saturated heterocycles. The zero-order chi connectivity index (χ0) is 23.4. The van der Waals surface area contributed by atoms with Gasteiger partial charge in [-0.25, -0.2) is 9.37 Å². The fourth-order valence-electron chi connectivity index (χ4n) is 3.62. The lowest BCUT2D eigenvalue weighted by molar-refractivity contribution is 0.226. The third kappa shape index (κ3) is 4.75. The summed E-state index contributed by atoms with van der Waals surface area (Å²) in [7, 11) is 1.63. The number of halogens is 2. The predicted octanol–water partition coefficient (Wildman–Crippen LogP) is 4.25. The molecule has 6 N–H and O–H groups in total. The number of nitrogens with two attached hydrogens (primary N) is 2. The maximum atomic E-state index is 14.2. The van der Waals surface area contributed by atoms with Crippen molar-refractivity contribution in [2.45, 2.75) is 26.4 Å². The molecule has 32 heavy (non-hydrogen) atoms. The summed E-state index contributed by atoms with van der Waals surface area (Å²) in [6.45, 7) is 4.31. The number of rotatable bonds is 4. The second-order valence-corrected chi connectivity index (χ2v) is 7.68. The number of allylic oxidation sites excluding steroid dienone is 2. The summed E-state index contributed by atoms with van der Waals surface area (Å²) in [5, 5.41) is 11.3. The van der Waals surface area contributed by atoms with Crippen LogP contribution in [0.25, 0.3) is 11.4 Å². The summed E-state index contributed by atoms with van der Waals surface area (Å²) in [6, 6.07) is 6.06. The summed E-state index contributed by atoms with van der Waals surface area (Å²) < 4.78 is 20.3. The summed E-state index contributed by atoms with van der Waals surface area (Å²) in [6.07, 6.45) is 2.86. The predicted molar refractivity (Wildman–Crippen MR) is 128 cm³/mol. The molecular weight excluding hydrogens is 431 g/mol. The molecule has 7 nitrogen and oxygen atoms in total. The van der Waals surface area contributed by atoms with Gasteiger partial charge in [0.15, 0.2) is 11.6 Å². The molecule has 1 unspecified atom stereocenters. The topological polar surface area (TPSA) is 122 Å². The molecule has 0 saturated carbocycles. The normalized spacial score (nSPS) is 21.3. The lowest BCUT2D eigenvalue weighted by Crippen LogP contribution is -2.19. The smallest absolute Gasteiger partial charge is 0.166 e. The van der Waals surface area contributed by atoms with Gasteiger partial charge in [0.25, 0.3) is 0 Å². The Bertz CT molecular complexity index is 1140. The maximum Gasteiger partial charge on any atom is 0.166 e. The van der Waals surface area contributed by atoms with E-state index in [1.54, 1.807) is 38.5 Å². The monoisotopic (exact) mass is 456 g/mol. The number of benzene rings is 1.